The third-order valence-corrected chi connectivity index (χ3v) is 3.64. The Balaban J connectivity index is 2.14. The molecule has 19 heavy (non-hydrogen) atoms. The minimum atomic E-state index is 0.156. The highest BCUT2D eigenvalue weighted by molar-refractivity contribution is 7.09. The zero-order valence-corrected chi connectivity index (χ0v) is 12.4. The first kappa shape index (κ1) is 13.7. The van der Waals surface area contributed by atoms with Gasteiger partial charge in [-0.25, -0.2) is 4.98 Å². The molecule has 2 aromatic rings. The lowest BCUT2D eigenvalue weighted by Gasteiger charge is -2.15. The van der Waals surface area contributed by atoms with Crippen molar-refractivity contribution in [2.45, 2.75) is 19.9 Å². The lowest BCUT2D eigenvalue weighted by atomic mass is 10.2. The minimum absolute atomic E-state index is 0.156. The van der Waals surface area contributed by atoms with E-state index >= 15 is 0 Å². The molecule has 0 radical (unpaired) electrons. The second kappa shape index (κ2) is 5.93. The lowest BCUT2D eigenvalue weighted by Crippen LogP contribution is -2.07. The number of aryl methyl sites for hydroxylation is 1. The summed E-state index contributed by atoms with van der Waals surface area (Å²) in [5.41, 5.74) is 2.04. The summed E-state index contributed by atoms with van der Waals surface area (Å²) in [6.45, 7) is 4.10. The highest BCUT2D eigenvalue weighted by atomic mass is 32.1. The summed E-state index contributed by atoms with van der Waals surface area (Å²) in [5.74, 6) is 1.44. The van der Waals surface area contributed by atoms with Crippen molar-refractivity contribution in [3.8, 4) is 11.5 Å². The van der Waals surface area contributed by atoms with Crippen molar-refractivity contribution in [3.63, 3.8) is 0 Å². The largest absolute Gasteiger partial charge is 0.493 e. The molecule has 1 aromatic heterocycles. The summed E-state index contributed by atoms with van der Waals surface area (Å²) in [7, 11) is 3.26. The molecule has 4 nitrogen and oxygen atoms in total. The third-order valence-electron chi connectivity index (χ3n) is 2.85. The number of nitrogens with zero attached hydrogens (tertiary/aromatic N) is 1. The summed E-state index contributed by atoms with van der Waals surface area (Å²) >= 11 is 1.66. The number of anilines is 1. The Morgan fingerprint density at radius 1 is 1.21 bits per heavy atom. The SMILES string of the molecule is COc1ccc(NC(C)c2csc(C)n2)cc1OC. The Hall–Kier alpha value is -1.75. The summed E-state index contributed by atoms with van der Waals surface area (Å²) in [6.07, 6.45) is 0. The fourth-order valence-electron chi connectivity index (χ4n) is 1.83. The van der Waals surface area contributed by atoms with Crippen molar-refractivity contribution in [2.75, 3.05) is 19.5 Å². The van der Waals surface area contributed by atoms with E-state index in [-0.39, 0.29) is 6.04 Å². The molecule has 1 atom stereocenters. The molecule has 0 saturated carbocycles. The maximum Gasteiger partial charge on any atom is 0.162 e. The van der Waals surface area contributed by atoms with E-state index in [4.69, 9.17) is 9.47 Å². The smallest absolute Gasteiger partial charge is 0.162 e. The Morgan fingerprint density at radius 3 is 2.53 bits per heavy atom. The van der Waals surface area contributed by atoms with E-state index in [0.29, 0.717) is 5.75 Å². The Labute approximate surface area is 117 Å². The third kappa shape index (κ3) is 3.17. The van der Waals surface area contributed by atoms with Gasteiger partial charge in [0, 0.05) is 17.1 Å². The van der Waals surface area contributed by atoms with E-state index in [1.54, 1.807) is 25.6 Å². The topological polar surface area (TPSA) is 43.4 Å². The van der Waals surface area contributed by atoms with Gasteiger partial charge in [0.15, 0.2) is 11.5 Å². The number of aromatic nitrogens is 1. The van der Waals surface area contributed by atoms with Gasteiger partial charge in [0.2, 0.25) is 0 Å². The number of ether oxygens (including phenoxy) is 2. The van der Waals surface area contributed by atoms with Crippen LogP contribution in [-0.4, -0.2) is 19.2 Å². The summed E-state index contributed by atoms with van der Waals surface area (Å²) < 4.78 is 10.5. The van der Waals surface area contributed by atoms with Gasteiger partial charge in [0.05, 0.1) is 31.0 Å². The molecule has 1 heterocycles. The van der Waals surface area contributed by atoms with Crippen molar-refractivity contribution >= 4 is 17.0 Å². The van der Waals surface area contributed by atoms with E-state index in [1.807, 2.05) is 25.1 Å². The van der Waals surface area contributed by atoms with Gasteiger partial charge in [-0.3, -0.25) is 0 Å². The van der Waals surface area contributed by atoms with Gasteiger partial charge >= 0.3 is 0 Å². The van der Waals surface area contributed by atoms with Crippen molar-refractivity contribution in [1.29, 1.82) is 0 Å². The van der Waals surface area contributed by atoms with E-state index in [9.17, 15) is 0 Å². The maximum absolute atomic E-state index is 5.29. The van der Waals surface area contributed by atoms with Gasteiger partial charge in [0.1, 0.15) is 0 Å². The van der Waals surface area contributed by atoms with Crippen LogP contribution in [0.15, 0.2) is 23.6 Å². The predicted molar refractivity (Wildman–Crippen MR) is 78.4 cm³/mol. The van der Waals surface area contributed by atoms with Crippen LogP contribution in [0.2, 0.25) is 0 Å². The molecule has 0 fully saturated rings. The van der Waals surface area contributed by atoms with Crippen LogP contribution in [-0.2, 0) is 0 Å². The van der Waals surface area contributed by atoms with E-state index in [1.165, 1.54) is 0 Å². The van der Waals surface area contributed by atoms with Crippen molar-refractivity contribution in [1.82, 2.24) is 4.98 Å². The van der Waals surface area contributed by atoms with E-state index in [0.717, 1.165) is 22.1 Å². The van der Waals surface area contributed by atoms with Crippen LogP contribution in [0.5, 0.6) is 11.5 Å². The molecule has 1 aromatic carbocycles. The standard InChI is InChI=1S/C14H18N2O2S/c1-9(12-8-19-10(2)16-12)15-11-5-6-13(17-3)14(7-11)18-4/h5-9,15H,1-4H3. The molecule has 0 bridgehead atoms. The number of methoxy groups -OCH3 is 2. The number of thiazole rings is 1. The molecule has 2 rings (SSSR count). The summed E-state index contributed by atoms with van der Waals surface area (Å²) in [4.78, 5) is 4.48. The molecule has 0 aliphatic heterocycles. The molecule has 0 spiro atoms. The average molecular weight is 278 g/mol. The number of nitrogens with one attached hydrogen (secondary N) is 1. The zero-order valence-electron chi connectivity index (χ0n) is 11.6. The van der Waals surface area contributed by atoms with E-state index in [2.05, 4.69) is 22.6 Å². The Bertz CT molecular complexity index is 554. The molecular weight excluding hydrogens is 260 g/mol. The molecule has 0 aliphatic rings. The van der Waals surface area contributed by atoms with Crippen LogP contribution in [0.25, 0.3) is 0 Å². The molecule has 102 valence electrons. The van der Waals surface area contributed by atoms with Crippen LogP contribution in [0, 0.1) is 6.92 Å². The fourth-order valence-corrected chi connectivity index (χ4v) is 2.54. The normalized spacial score (nSPS) is 12.0. The zero-order chi connectivity index (χ0) is 13.8. The molecule has 1 N–H and O–H groups in total. The number of benzene rings is 1. The Kier molecular flexibility index (Phi) is 4.27. The van der Waals surface area contributed by atoms with Crippen LogP contribution in [0.4, 0.5) is 5.69 Å². The van der Waals surface area contributed by atoms with Crippen molar-refractivity contribution < 1.29 is 9.47 Å². The molecular formula is C14H18N2O2S. The summed E-state index contributed by atoms with van der Waals surface area (Å²) in [6, 6.07) is 5.94. The maximum atomic E-state index is 5.29. The van der Waals surface area contributed by atoms with Crippen LogP contribution >= 0.6 is 11.3 Å². The lowest BCUT2D eigenvalue weighted by molar-refractivity contribution is 0.355. The van der Waals surface area contributed by atoms with E-state index < -0.39 is 0 Å². The van der Waals surface area contributed by atoms with Gasteiger partial charge < -0.3 is 14.8 Å². The first-order valence-electron chi connectivity index (χ1n) is 6.04. The van der Waals surface area contributed by atoms with Gasteiger partial charge in [-0.2, -0.15) is 0 Å². The molecule has 1 unspecified atom stereocenters. The van der Waals surface area contributed by atoms with Crippen molar-refractivity contribution in [3.05, 3.63) is 34.3 Å². The van der Waals surface area contributed by atoms with Gasteiger partial charge in [-0.05, 0) is 26.0 Å². The van der Waals surface area contributed by atoms with Crippen LogP contribution in [0.3, 0.4) is 0 Å². The number of rotatable bonds is 5. The molecule has 5 heteroatoms. The van der Waals surface area contributed by atoms with Gasteiger partial charge in [0.25, 0.3) is 0 Å². The molecule has 0 saturated heterocycles. The van der Waals surface area contributed by atoms with Crippen LogP contribution in [0.1, 0.15) is 23.7 Å². The number of hydrogen-bond acceptors (Lipinski definition) is 5. The first-order chi connectivity index (χ1) is 9.13. The average Bonchev–Trinajstić information content (AvgIpc) is 2.85. The second-order valence-corrected chi connectivity index (χ2v) is 5.29. The van der Waals surface area contributed by atoms with Gasteiger partial charge in [-0.1, -0.05) is 0 Å². The molecule has 0 amide bonds. The quantitative estimate of drug-likeness (QED) is 0.906. The monoisotopic (exact) mass is 278 g/mol. The number of hydrogen-bond donors (Lipinski definition) is 1. The fraction of sp³-hybridized carbons (Fsp3) is 0.357. The first-order valence-corrected chi connectivity index (χ1v) is 6.92. The van der Waals surface area contributed by atoms with Gasteiger partial charge in [-0.15, -0.1) is 11.3 Å². The highest BCUT2D eigenvalue weighted by Crippen LogP contribution is 2.31. The predicted octanol–water partition coefficient (Wildman–Crippen LogP) is 3.64. The molecule has 0 aliphatic carbocycles. The summed E-state index contributed by atoms with van der Waals surface area (Å²) in [5, 5.41) is 6.56. The van der Waals surface area contributed by atoms with Crippen LogP contribution < -0.4 is 14.8 Å². The minimum Gasteiger partial charge on any atom is -0.493 e. The highest BCUT2D eigenvalue weighted by Gasteiger charge is 2.10. The van der Waals surface area contributed by atoms with Crippen molar-refractivity contribution in [2.24, 2.45) is 0 Å². The second-order valence-electron chi connectivity index (χ2n) is 4.23. The Morgan fingerprint density at radius 2 is 1.95 bits per heavy atom.